The number of carbonyl (C=O) groups excluding carboxylic acids is 3. The highest BCUT2D eigenvalue weighted by atomic mass is 35.5. The molecule has 0 saturated carbocycles. The Morgan fingerprint density at radius 1 is 1.06 bits per heavy atom. The van der Waals surface area contributed by atoms with E-state index in [1.165, 1.54) is 0 Å². The first-order valence-corrected chi connectivity index (χ1v) is 13.0. The van der Waals surface area contributed by atoms with Gasteiger partial charge in [-0.15, -0.1) is 0 Å². The topological polar surface area (TPSA) is 81.8 Å². The molecule has 2 aromatic rings. The lowest BCUT2D eigenvalue weighted by Crippen LogP contribution is -2.37. The number of nitrogens with zero attached hydrogens (tertiary/aromatic N) is 2. The molecule has 1 atom stereocenters. The van der Waals surface area contributed by atoms with Crippen LogP contribution in [0.2, 0.25) is 10.0 Å². The number of anilines is 2. The van der Waals surface area contributed by atoms with Crippen molar-refractivity contribution in [2.45, 2.75) is 46.1 Å². The Morgan fingerprint density at radius 3 is 2.56 bits per heavy atom. The fourth-order valence-electron chi connectivity index (χ4n) is 4.71. The molecule has 1 saturated heterocycles. The molecule has 0 bridgehead atoms. The zero-order valence-electron chi connectivity index (χ0n) is 20.9. The molecule has 2 N–H and O–H groups in total. The quantitative estimate of drug-likeness (QED) is 0.565. The van der Waals surface area contributed by atoms with E-state index in [4.69, 9.17) is 23.2 Å². The molecular formula is C27H32Cl2N4O3. The van der Waals surface area contributed by atoms with Crippen LogP contribution in [0.15, 0.2) is 36.4 Å². The number of nitrogens with one attached hydrogen (secondary N) is 2. The van der Waals surface area contributed by atoms with Crippen molar-refractivity contribution in [2.75, 3.05) is 36.4 Å². The fraction of sp³-hybridized carbons (Fsp3) is 0.444. The summed E-state index contributed by atoms with van der Waals surface area (Å²) in [6, 6.07) is 9.62. The minimum absolute atomic E-state index is 0.0208. The highest BCUT2D eigenvalue weighted by Gasteiger charge is 2.36. The van der Waals surface area contributed by atoms with Crippen LogP contribution in [0.4, 0.5) is 11.4 Å². The van der Waals surface area contributed by atoms with Crippen LogP contribution in [0.3, 0.4) is 0 Å². The second-order valence-corrected chi connectivity index (χ2v) is 11.4. The molecule has 192 valence electrons. The summed E-state index contributed by atoms with van der Waals surface area (Å²) in [5, 5.41) is 7.09. The number of rotatable bonds is 3. The summed E-state index contributed by atoms with van der Waals surface area (Å²) in [6.45, 7) is 8.90. The minimum atomic E-state index is -0.621. The molecule has 0 radical (unpaired) electrons. The van der Waals surface area contributed by atoms with Crippen molar-refractivity contribution >= 4 is 52.3 Å². The molecule has 2 aromatic carbocycles. The van der Waals surface area contributed by atoms with Crippen molar-refractivity contribution in [1.82, 2.24) is 10.2 Å². The Balaban J connectivity index is 1.78. The van der Waals surface area contributed by atoms with Crippen LogP contribution >= 0.6 is 23.2 Å². The van der Waals surface area contributed by atoms with Gasteiger partial charge in [-0.05, 0) is 54.3 Å². The van der Waals surface area contributed by atoms with Gasteiger partial charge in [0.2, 0.25) is 11.8 Å². The van der Waals surface area contributed by atoms with E-state index in [9.17, 15) is 14.4 Å². The minimum Gasteiger partial charge on any atom is -0.337 e. The summed E-state index contributed by atoms with van der Waals surface area (Å²) in [4.78, 5) is 43.5. The van der Waals surface area contributed by atoms with Gasteiger partial charge in [-0.3, -0.25) is 14.4 Å². The SMILES string of the molecule is CC(C)(C)CC(=O)N1c2ccc(C(=O)N3CCCNCC3)cc2NC(=O)CC1c1ccc(Cl)cc1Cl. The molecule has 1 unspecified atom stereocenters. The third-order valence-corrected chi connectivity index (χ3v) is 6.93. The lowest BCUT2D eigenvalue weighted by Gasteiger charge is -2.33. The highest BCUT2D eigenvalue weighted by molar-refractivity contribution is 6.35. The van der Waals surface area contributed by atoms with Gasteiger partial charge < -0.3 is 20.4 Å². The van der Waals surface area contributed by atoms with Crippen LogP contribution in [-0.2, 0) is 9.59 Å². The molecule has 3 amide bonds. The predicted octanol–water partition coefficient (Wildman–Crippen LogP) is 5.28. The second-order valence-electron chi connectivity index (χ2n) is 10.6. The summed E-state index contributed by atoms with van der Waals surface area (Å²) in [5.41, 5.74) is 1.83. The van der Waals surface area contributed by atoms with Crippen molar-refractivity contribution < 1.29 is 14.4 Å². The largest absolute Gasteiger partial charge is 0.337 e. The lowest BCUT2D eigenvalue weighted by molar-refractivity contribution is -0.121. The Bertz CT molecular complexity index is 1170. The Kier molecular flexibility index (Phi) is 7.93. The third-order valence-electron chi connectivity index (χ3n) is 6.37. The van der Waals surface area contributed by atoms with Crippen LogP contribution in [0, 0.1) is 5.41 Å². The highest BCUT2D eigenvalue weighted by Crippen LogP contribution is 2.42. The molecule has 2 aliphatic heterocycles. The van der Waals surface area contributed by atoms with Crippen LogP contribution in [0.1, 0.15) is 62.0 Å². The van der Waals surface area contributed by atoms with E-state index >= 15 is 0 Å². The number of benzene rings is 2. The normalized spacial score (nSPS) is 18.7. The fourth-order valence-corrected chi connectivity index (χ4v) is 5.25. The van der Waals surface area contributed by atoms with Crippen molar-refractivity contribution in [1.29, 1.82) is 0 Å². The zero-order chi connectivity index (χ0) is 26.0. The van der Waals surface area contributed by atoms with Gasteiger partial charge in [-0.2, -0.15) is 0 Å². The van der Waals surface area contributed by atoms with Gasteiger partial charge in [0, 0.05) is 41.7 Å². The molecule has 0 aliphatic carbocycles. The molecule has 0 aromatic heterocycles. The molecular weight excluding hydrogens is 499 g/mol. The van der Waals surface area contributed by atoms with Gasteiger partial charge in [0.25, 0.3) is 5.91 Å². The van der Waals surface area contributed by atoms with E-state index in [0.717, 1.165) is 19.5 Å². The number of fused-ring (bicyclic) bond motifs is 1. The average molecular weight is 531 g/mol. The number of hydrogen-bond acceptors (Lipinski definition) is 4. The smallest absolute Gasteiger partial charge is 0.253 e. The molecule has 1 fully saturated rings. The average Bonchev–Trinajstić information content (AvgIpc) is 3.14. The summed E-state index contributed by atoms with van der Waals surface area (Å²) < 4.78 is 0. The molecule has 0 spiro atoms. The molecule has 4 rings (SSSR count). The zero-order valence-corrected chi connectivity index (χ0v) is 22.4. The van der Waals surface area contributed by atoms with Crippen LogP contribution in [0.25, 0.3) is 0 Å². The Hall–Kier alpha value is -2.61. The van der Waals surface area contributed by atoms with Gasteiger partial charge in [-0.25, -0.2) is 0 Å². The summed E-state index contributed by atoms with van der Waals surface area (Å²) in [7, 11) is 0. The van der Waals surface area contributed by atoms with E-state index in [1.807, 2.05) is 25.7 Å². The molecule has 9 heteroatoms. The first-order chi connectivity index (χ1) is 17.0. The number of carbonyl (C=O) groups is 3. The summed E-state index contributed by atoms with van der Waals surface area (Å²) in [5.74, 6) is -0.485. The first kappa shape index (κ1) is 26.5. The molecule has 7 nitrogen and oxygen atoms in total. The monoisotopic (exact) mass is 530 g/mol. The number of hydrogen-bond donors (Lipinski definition) is 2. The van der Waals surface area contributed by atoms with Crippen molar-refractivity contribution in [3.05, 3.63) is 57.6 Å². The van der Waals surface area contributed by atoms with E-state index in [1.54, 1.807) is 41.3 Å². The third kappa shape index (κ3) is 6.02. The first-order valence-electron chi connectivity index (χ1n) is 12.2. The van der Waals surface area contributed by atoms with Gasteiger partial charge in [0.15, 0.2) is 0 Å². The number of amides is 3. The van der Waals surface area contributed by atoms with E-state index in [-0.39, 0.29) is 36.0 Å². The molecule has 36 heavy (non-hydrogen) atoms. The maximum absolute atomic E-state index is 13.7. The summed E-state index contributed by atoms with van der Waals surface area (Å²) in [6.07, 6.45) is 1.17. The van der Waals surface area contributed by atoms with E-state index in [2.05, 4.69) is 10.6 Å². The molecule has 2 heterocycles. The van der Waals surface area contributed by atoms with Crippen molar-refractivity contribution in [2.24, 2.45) is 5.41 Å². The van der Waals surface area contributed by atoms with Crippen LogP contribution in [-0.4, -0.2) is 48.8 Å². The Labute approximate surface area is 222 Å². The number of halogens is 2. The molecule has 2 aliphatic rings. The van der Waals surface area contributed by atoms with Crippen molar-refractivity contribution in [3.8, 4) is 0 Å². The van der Waals surface area contributed by atoms with Gasteiger partial charge in [0.1, 0.15) is 0 Å². The maximum Gasteiger partial charge on any atom is 0.253 e. The van der Waals surface area contributed by atoms with Crippen LogP contribution < -0.4 is 15.5 Å². The predicted molar refractivity (Wildman–Crippen MR) is 144 cm³/mol. The van der Waals surface area contributed by atoms with Crippen LogP contribution in [0.5, 0.6) is 0 Å². The summed E-state index contributed by atoms with van der Waals surface area (Å²) >= 11 is 12.7. The lowest BCUT2D eigenvalue weighted by atomic mass is 9.90. The van der Waals surface area contributed by atoms with Gasteiger partial charge in [0.05, 0.1) is 23.8 Å². The second kappa shape index (κ2) is 10.8. The maximum atomic E-state index is 13.7. The van der Waals surface area contributed by atoms with Crippen molar-refractivity contribution in [3.63, 3.8) is 0 Å². The standard InChI is InChI=1S/C27H32Cl2N4O3/c1-27(2,3)16-25(35)33-22-8-5-17(26(36)32-11-4-9-30-10-12-32)13-21(22)31-24(34)15-23(33)19-7-6-18(28)14-20(19)29/h5-8,13-14,23,30H,4,9-12,15-16H2,1-3H3,(H,31,34). The van der Waals surface area contributed by atoms with Gasteiger partial charge >= 0.3 is 0 Å². The Morgan fingerprint density at radius 2 is 1.83 bits per heavy atom. The van der Waals surface area contributed by atoms with E-state index in [0.29, 0.717) is 45.6 Å². The van der Waals surface area contributed by atoms with E-state index < -0.39 is 6.04 Å². The van der Waals surface area contributed by atoms with Gasteiger partial charge in [-0.1, -0.05) is 50.0 Å².